The normalized spacial score (nSPS) is 19.4. The molecule has 11 heteroatoms. The van der Waals surface area contributed by atoms with Gasteiger partial charge in [-0.15, -0.1) is 0 Å². The Morgan fingerprint density at radius 3 is 2.70 bits per heavy atom. The van der Waals surface area contributed by atoms with Gasteiger partial charge in [0.1, 0.15) is 24.3 Å². The molecular formula is C26H27Cl2N5O4. The third kappa shape index (κ3) is 5.31. The predicted molar refractivity (Wildman–Crippen MR) is 140 cm³/mol. The van der Waals surface area contributed by atoms with Gasteiger partial charge in [-0.1, -0.05) is 36.2 Å². The lowest BCUT2D eigenvalue weighted by molar-refractivity contribution is -0.189. The molecule has 2 atom stereocenters. The second kappa shape index (κ2) is 10.7. The molecule has 1 saturated heterocycles. The van der Waals surface area contributed by atoms with Crippen LogP contribution in [0.1, 0.15) is 24.7 Å². The minimum Gasteiger partial charge on any atom is -0.491 e. The van der Waals surface area contributed by atoms with Crippen LogP contribution in [0.15, 0.2) is 66.0 Å². The number of aryl methyl sites for hydroxylation is 2. The standard InChI is InChI=1S/C26H27Cl2N5O4/c1-3-11-32-25(34)33(18(2)30-32)20-5-7-21(8-6-20)35-14-22-15-36-26(37-22,16-31-12-10-29-17-31)23-9-4-19(27)13-24(23)28/h4-10,12-13,17,22H,3,11,14-16H2,1-2H3. The topological polar surface area (TPSA) is 85.3 Å². The molecule has 2 aromatic carbocycles. The SMILES string of the molecule is CCCn1nc(C)n(-c2ccc(OCC3COC(Cn4ccnc4)(c4ccc(Cl)cc4Cl)O3)cc2)c1=O. The van der Waals surface area contributed by atoms with Gasteiger partial charge < -0.3 is 18.8 Å². The zero-order valence-electron chi connectivity index (χ0n) is 20.5. The summed E-state index contributed by atoms with van der Waals surface area (Å²) in [5, 5.41) is 5.33. The van der Waals surface area contributed by atoms with Gasteiger partial charge in [0.25, 0.3) is 0 Å². The highest BCUT2D eigenvalue weighted by molar-refractivity contribution is 6.35. The molecule has 4 aromatic rings. The summed E-state index contributed by atoms with van der Waals surface area (Å²) < 4.78 is 23.6. The van der Waals surface area contributed by atoms with Crippen LogP contribution in [-0.2, 0) is 28.4 Å². The van der Waals surface area contributed by atoms with Crippen molar-refractivity contribution in [2.75, 3.05) is 13.2 Å². The van der Waals surface area contributed by atoms with Crippen LogP contribution in [0.4, 0.5) is 0 Å². The van der Waals surface area contributed by atoms with E-state index in [2.05, 4.69) is 10.1 Å². The highest BCUT2D eigenvalue weighted by Crippen LogP contribution is 2.40. The number of hydrogen-bond acceptors (Lipinski definition) is 6. The molecule has 0 aliphatic carbocycles. The third-order valence-electron chi connectivity index (χ3n) is 6.12. The van der Waals surface area contributed by atoms with E-state index in [0.29, 0.717) is 46.9 Å². The Morgan fingerprint density at radius 2 is 2.00 bits per heavy atom. The highest BCUT2D eigenvalue weighted by atomic mass is 35.5. The van der Waals surface area contributed by atoms with E-state index in [1.54, 1.807) is 29.2 Å². The van der Waals surface area contributed by atoms with Gasteiger partial charge in [0.15, 0.2) is 0 Å². The summed E-state index contributed by atoms with van der Waals surface area (Å²) in [5.74, 6) is 0.173. The van der Waals surface area contributed by atoms with Crippen LogP contribution in [0.25, 0.3) is 5.69 Å². The maximum atomic E-state index is 12.7. The molecule has 0 saturated carbocycles. The Labute approximate surface area is 224 Å². The van der Waals surface area contributed by atoms with E-state index in [9.17, 15) is 4.79 Å². The molecule has 0 spiro atoms. The Balaban J connectivity index is 1.29. The van der Waals surface area contributed by atoms with Crippen molar-refractivity contribution in [1.29, 1.82) is 0 Å². The molecule has 194 valence electrons. The summed E-state index contributed by atoms with van der Waals surface area (Å²) in [6.45, 7) is 5.36. The molecule has 5 rings (SSSR count). The van der Waals surface area contributed by atoms with Crippen LogP contribution in [-0.4, -0.2) is 43.2 Å². The van der Waals surface area contributed by atoms with Crippen molar-refractivity contribution < 1.29 is 14.2 Å². The van der Waals surface area contributed by atoms with Crippen molar-refractivity contribution in [3.05, 3.63) is 93.1 Å². The largest absolute Gasteiger partial charge is 0.491 e. The molecule has 0 N–H and O–H groups in total. The number of imidazole rings is 1. The summed E-state index contributed by atoms with van der Waals surface area (Å²) in [4.78, 5) is 16.8. The number of ether oxygens (including phenoxy) is 3. The number of rotatable bonds is 9. The van der Waals surface area contributed by atoms with Crippen LogP contribution in [0.2, 0.25) is 10.0 Å². The van der Waals surface area contributed by atoms with Crippen LogP contribution < -0.4 is 10.4 Å². The number of benzene rings is 2. The van der Waals surface area contributed by atoms with E-state index < -0.39 is 5.79 Å². The fourth-order valence-electron chi connectivity index (χ4n) is 4.43. The Kier molecular flexibility index (Phi) is 7.39. The first-order valence-corrected chi connectivity index (χ1v) is 12.8. The molecule has 9 nitrogen and oxygen atoms in total. The number of nitrogens with zero attached hydrogens (tertiary/aromatic N) is 5. The molecule has 37 heavy (non-hydrogen) atoms. The fourth-order valence-corrected chi connectivity index (χ4v) is 4.98. The van der Waals surface area contributed by atoms with Gasteiger partial charge in [-0.25, -0.2) is 19.0 Å². The van der Waals surface area contributed by atoms with E-state index in [4.69, 9.17) is 37.4 Å². The molecule has 1 aliphatic rings. The van der Waals surface area contributed by atoms with Crippen LogP contribution in [0.3, 0.4) is 0 Å². The zero-order valence-corrected chi connectivity index (χ0v) is 22.0. The maximum Gasteiger partial charge on any atom is 0.350 e. The van der Waals surface area contributed by atoms with E-state index in [1.165, 1.54) is 4.68 Å². The van der Waals surface area contributed by atoms with Crippen molar-refractivity contribution in [3.63, 3.8) is 0 Å². The van der Waals surface area contributed by atoms with Gasteiger partial charge in [0.2, 0.25) is 5.79 Å². The van der Waals surface area contributed by atoms with Crippen LogP contribution in [0.5, 0.6) is 5.75 Å². The average molecular weight is 544 g/mol. The second-order valence-corrected chi connectivity index (χ2v) is 9.70. The molecule has 2 aromatic heterocycles. The van der Waals surface area contributed by atoms with Gasteiger partial charge >= 0.3 is 5.69 Å². The van der Waals surface area contributed by atoms with Crippen molar-refractivity contribution in [2.45, 2.75) is 45.2 Å². The molecule has 0 amide bonds. The Morgan fingerprint density at radius 1 is 1.19 bits per heavy atom. The zero-order chi connectivity index (χ0) is 26.0. The number of aromatic nitrogens is 5. The van der Waals surface area contributed by atoms with Crippen molar-refractivity contribution >= 4 is 23.2 Å². The van der Waals surface area contributed by atoms with Crippen LogP contribution >= 0.6 is 23.2 Å². The molecule has 3 heterocycles. The first kappa shape index (κ1) is 25.5. The van der Waals surface area contributed by atoms with Gasteiger partial charge in [-0.05, 0) is 49.7 Å². The fraction of sp³-hybridized carbons (Fsp3) is 0.346. The summed E-state index contributed by atoms with van der Waals surface area (Å²) >= 11 is 12.7. The molecule has 1 aliphatic heterocycles. The average Bonchev–Trinajstić information content (AvgIpc) is 3.59. The summed E-state index contributed by atoms with van der Waals surface area (Å²) in [6, 6.07) is 12.6. The van der Waals surface area contributed by atoms with Crippen molar-refractivity contribution in [3.8, 4) is 11.4 Å². The Hall–Kier alpha value is -3.11. The van der Waals surface area contributed by atoms with Crippen molar-refractivity contribution in [1.82, 2.24) is 23.9 Å². The molecule has 1 fully saturated rings. The van der Waals surface area contributed by atoms with E-state index in [-0.39, 0.29) is 18.4 Å². The first-order valence-electron chi connectivity index (χ1n) is 12.0. The third-order valence-corrected chi connectivity index (χ3v) is 6.67. The lowest BCUT2D eigenvalue weighted by Crippen LogP contribution is -2.34. The monoisotopic (exact) mass is 543 g/mol. The number of halogens is 2. The van der Waals surface area contributed by atoms with Gasteiger partial charge in [0.05, 0.1) is 30.2 Å². The van der Waals surface area contributed by atoms with E-state index in [1.807, 2.05) is 54.9 Å². The smallest absolute Gasteiger partial charge is 0.350 e. The molecular weight excluding hydrogens is 517 g/mol. The summed E-state index contributed by atoms with van der Waals surface area (Å²) in [5.41, 5.74) is 1.26. The number of hydrogen-bond donors (Lipinski definition) is 0. The second-order valence-electron chi connectivity index (χ2n) is 8.86. The lowest BCUT2D eigenvalue weighted by Gasteiger charge is -2.30. The Bertz CT molecular complexity index is 1420. The summed E-state index contributed by atoms with van der Waals surface area (Å²) in [7, 11) is 0. The minimum atomic E-state index is -1.11. The quantitative estimate of drug-likeness (QED) is 0.306. The van der Waals surface area contributed by atoms with Crippen LogP contribution in [0, 0.1) is 6.92 Å². The van der Waals surface area contributed by atoms with Gasteiger partial charge in [-0.2, -0.15) is 5.10 Å². The molecule has 0 bridgehead atoms. The molecule has 0 radical (unpaired) electrons. The van der Waals surface area contributed by atoms with Gasteiger partial charge in [-0.3, -0.25) is 0 Å². The maximum absolute atomic E-state index is 12.7. The first-order chi connectivity index (χ1) is 17.9. The van der Waals surface area contributed by atoms with Gasteiger partial charge in [0, 0.05) is 29.5 Å². The van der Waals surface area contributed by atoms with Crippen molar-refractivity contribution in [2.24, 2.45) is 0 Å². The van der Waals surface area contributed by atoms with E-state index in [0.717, 1.165) is 12.1 Å². The minimum absolute atomic E-state index is 0.153. The lowest BCUT2D eigenvalue weighted by atomic mass is 10.1. The predicted octanol–water partition coefficient (Wildman–Crippen LogP) is 4.60. The van der Waals surface area contributed by atoms with E-state index >= 15 is 0 Å². The summed E-state index contributed by atoms with van der Waals surface area (Å²) in [6.07, 6.45) is 5.72. The highest BCUT2D eigenvalue weighted by Gasteiger charge is 2.45. The molecule has 2 unspecified atom stereocenters.